The summed E-state index contributed by atoms with van der Waals surface area (Å²) in [6.07, 6.45) is -1.97. The number of hydrogen-bond acceptors (Lipinski definition) is 2. The second kappa shape index (κ2) is 13.7. The number of aliphatic carboxylic acids is 1. The van der Waals surface area contributed by atoms with Crippen LogP contribution in [0.15, 0.2) is 24.3 Å². The lowest BCUT2D eigenvalue weighted by Gasteiger charge is -2.07. The van der Waals surface area contributed by atoms with Crippen molar-refractivity contribution >= 4 is 5.97 Å². The van der Waals surface area contributed by atoms with Gasteiger partial charge >= 0.3 is 12.1 Å². The number of carboxylic acid groups (broad SMARTS) is 1. The first-order chi connectivity index (χ1) is 13.9. The van der Waals surface area contributed by atoms with Gasteiger partial charge in [0.05, 0.1) is 24.8 Å². The highest BCUT2D eigenvalue weighted by Gasteiger charge is 2.29. The molecule has 1 N–H and O–H groups in total. The molecule has 3 nitrogen and oxygen atoms in total. The number of rotatable bonds is 5. The minimum atomic E-state index is -4.36. The van der Waals surface area contributed by atoms with Crippen LogP contribution in [0.2, 0.25) is 0 Å². The zero-order valence-electron chi connectivity index (χ0n) is 15.7. The number of ether oxygens (including phenoxy) is 1. The lowest BCUT2D eigenvalue weighted by molar-refractivity contribution is -0.138. The van der Waals surface area contributed by atoms with Gasteiger partial charge in [-0.05, 0) is 30.7 Å². The van der Waals surface area contributed by atoms with Crippen molar-refractivity contribution in [3.05, 3.63) is 29.8 Å². The van der Waals surface area contributed by atoms with Crippen molar-refractivity contribution in [3.8, 4) is 53.1 Å². The van der Waals surface area contributed by atoms with E-state index in [4.69, 9.17) is 9.84 Å². The molecule has 0 amide bonds. The highest BCUT2D eigenvalue weighted by Crippen LogP contribution is 2.30. The number of unbranched alkanes of at least 4 members (excludes halogenated alkanes) is 1. The Labute approximate surface area is 168 Å². The van der Waals surface area contributed by atoms with Gasteiger partial charge in [0, 0.05) is 12.8 Å². The molecule has 0 aliphatic heterocycles. The average molecular weight is 400 g/mol. The first-order valence-electron chi connectivity index (χ1n) is 8.74. The van der Waals surface area contributed by atoms with Gasteiger partial charge in [-0.1, -0.05) is 41.4 Å². The van der Waals surface area contributed by atoms with Crippen molar-refractivity contribution in [1.29, 1.82) is 0 Å². The van der Waals surface area contributed by atoms with Gasteiger partial charge in [0.15, 0.2) is 0 Å². The smallest absolute Gasteiger partial charge is 0.416 e. The third-order valence-corrected chi connectivity index (χ3v) is 3.22. The fraction of sp³-hybridized carbons (Fsp3) is 0.348. The topological polar surface area (TPSA) is 46.5 Å². The Morgan fingerprint density at radius 2 is 1.38 bits per heavy atom. The number of hydrogen-bond donors (Lipinski definition) is 1. The molecule has 1 aromatic rings. The summed E-state index contributed by atoms with van der Waals surface area (Å²) in [7, 11) is 0. The largest absolute Gasteiger partial charge is 0.481 e. The van der Waals surface area contributed by atoms with Crippen molar-refractivity contribution in [2.75, 3.05) is 6.61 Å². The summed E-state index contributed by atoms with van der Waals surface area (Å²) >= 11 is 0. The third-order valence-electron chi connectivity index (χ3n) is 3.22. The molecule has 0 aliphatic rings. The van der Waals surface area contributed by atoms with Crippen LogP contribution in [0.3, 0.4) is 0 Å². The van der Waals surface area contributed by atoms with Crippen molar-refractivity contribution < 1.29 is 27.8 Å². The molecule has 0 heterocycles. The zero-order valence-corrected chi connectivity index (χ0v) is 15.7. The normalized spacial score (nSPS) is 9.34. The van der Waals surface area contributed by atoms with E-state index in [-0.39, 0.29) is 13.0 Å². The van der Waals surface area contributed by atoms with E-state index in [1.54, 1.807) is 0 Å². The number of halogens is 3. The fourth-order valence-electron chi connectivity index (χ4n) is 1.83. The lowest BCUT2D eigenvalue weighted by atomic mass is 10.2. The average Bonchev–Trinajstić information content (AvgIpc) is 2.67. The highest BCUT2D eigenvalue weighted by atomic mass is 19.4. The molecule has 0 saturated heterocycles. The molecular formula is C23H19F3O3. The molecule has 0 bridgehead atoms. The molecule has 6 heteroatoms. The van der Waals surface area contributed by atoms with E-state index < -0.39 is 17.7 Å². The van der Waals surface area contributed by atoms with Crippen molar-refractivity contribution in [1.82, 2.24) is 0 Å². The van der Waals surface area contributed by atoms with Crippen LogP contribution < -0.4 is 4.74 Å². The van der Waals surface area contributed by atoms with Crippen LogP contribution in [0, 0.1) is 47.4 Å². The van der Waals surface area contributed by atoms with E-state index in [0.29, 0.717) is 37.9 Å². The van der Waals surface area contributed by atoms with E-state index >= 15 is 0 Å². The molecule has 0 saturated carbocycles. The Morgan fingerprint density at radius 1 is 0.862 bits per heavy atom. The van der Waals surface area contributed by atoms with Crippen molar-refractivity contribution in [3.63, 3.8) is 0 Å². The molecule has 0 spiro atoms. The fourth-order valence-corrected chi connectivity index (χ4v) is 1.83. The van der Waals surface area contributed by atoms with E-state index in [0.717, 1.165) is 12.1 Å². The molecule has 0 radical (unpaired) electrons. The second-order valence-electron chi connectivity index (χ2n) is 5.50. The van der Waals surface area contributed by atoms with Crippen molar-refractivity contribution in [2.45, 2.75) is 44.7 Å². The monoisotopic (exact) mass is 400 g/mol. The Bertz CT molecular complexity index is 900. The number of benzene rings is 1. The summed E-state index contributed by atoms with van der Waals surface area (Å²) < 4.78 is 42.5. The molecule has 0 fully saturated rings. The summed E-state index contributed by atoms with van der Waals surface area (Å²) in [5.74, 6) is 22.1. The maximum atomic E-state index is 12.4. The Balaban J connectivity index is 2.16. The summed E-state index contributed by atoms with van der Waals surface area (Å²) in [6.45, 7) is 0.0674. The van der Waals surface area contributed by atoms with Gasteiger partial charge in [0.2, 0.25) is 0 Å². The number of alkyl halides is 3. The molecule has 29 heavy (non-hydrogen) atoms. The van der Waals surface area contributed by atoms with Crippen LogP contribution in [-0.2, 0) is 11.0 Å². The Hall–Kier alpha value is -3.48. The van der Waals surface area contributed by atoms with Gasteiger partial charge in [0.25, 0.3) is 0 Å². The van der Waals surface area contributed by atoms with E-state index in [9.17, 15) is 18.0 Å². The quantitative estimate of drug-likeness (QED) is 0.584. The van der Waals surface area contributed by atoms with Gasteiger partial charge in [-0.15, -0.1) is 5.92 Å². The first kappa shape index (κ1) is 23.6. The third kappa shape index (κ3) is 12.5. The summed E-state index contributed by atoms with van der Waals surface area (Å²) in [6, 6.07) is 4.42. The predicted octanol–water partition coefficient (Wildman–Crippen LogP) is 4.52. The molecule has 1 aromatic carbocycles. The first-order valence-corrected chi connectivity index (χ1v) is 8.74. The van der Waals surface area contributed by atoms with Gasteiger partial charge in [0.1, 0.15) is 12.4 Å². The van der Waals surface area contributed by atoms with Gasteiger partial charge < -0.3 is 9.84 Å². The van der Waals surface area contributed by atoms with E-state index in [2.05, 4.69) is 47.4 Å². The van der Waals surface area contributed by atoms with Crippen LogP contribution in [0.4, 0.5) is 13.2 Å². The summed E-state index contributed by atoms with van der Waals surface area (Å²) in [5.41, 5.74) is -0.725. The van der Waals surface area contributed by atoms with E-state index in [1.165, 1.54) is 12.1 Å². The molecular weight excluding hydrogens is 381 g/mol. The van der Waals surface area contributed by atoms with Crippen LogP contribution in [0.1, 0.15) is 44.1 Å². The number of carbonyl (C=O) groups is 1. The molecule has 0 atom stereocenters. The Kier molecular flexibility index (Phi) is 11.1. The van der Waals surface area contributed by atoms with Crippen LogP contribution in [0.5, 0.6) is 5.75 Å². The van der Waals surface area contributed by atoms with E-state index in [1.807, 2.05) is 0 Å². The minimum absolute atomic E-state index is 0.0674. The van der Waals surface area contributed by atoms with Gasteiger partial charge in [-0.2, -0.15) is 13.2 Å². The van der Waals surface area contributed by atoms with Gasteiger partial charge in [-0.3, -0.25) is 4.79 Å². The van der Waals surface area contributed by atoms with Crippen LogP contribution in [-0.4, -0.2) is 17.7 Å². The van der Waals surface area contributed by atoms with Crippen molar-refractivity contribution in [2.24, 2.45) is 0 Å². The summed E-state index contributed by atoms with van der Waals surface area (Å²) in [5, 5.41) is 8.47. The molecule has 0 unspecified atom stereocenters. The zero-order chi connectivity index (χ0) is 21.4. The second-order valence-corrected chi connectivity index (χ2v) is 5.50. The Morgan fingerprint density at radius 3 is 1.90 bits per heavy atom. The maximum Gasteiger partial charge on any atom is 0.416 e. The maximum absolute atomic E-state index is 12.4. The van der Waals surface area contributed by atoms with Crippen LogP contribution in [0.25, 0.3) is 0 Å². The number of carboxylic acids is 1. The molecule has 1 rings (SSSR count). The standard InChI is InChI=1S/C23H19F3O3/c24-23(25,26)20-15-17-21(18-16-20)29-19-13-11-9-7-5-3-1-2-4-6-8-10-12-14-22(27)28/h15-18H,3-4,9-10,12,14,19H2,(H,27,28). The SMILES string of the molecule is O=C(O)CCCC#CCC#CCC#CCC#CCOc1ccc(C(F)(F)F)cc1. The molecule has 0 aromatic heterocycles. The summed E-state index contributed by atoms with van der Waals surface area (Å²) in [4.78, 5) is 10.3. The van der Waals surface area contributed by atoms with Gasteiger partial charge in [-0.25, -0.2) is 0 Å². The molecule has 150 valence electrons. The molecule has 0 aliphatic carbocycles. The predicted molar refractivity (Wildman–Crippen MR) is 103 cm³/mol. The highest BCUT2D eigenvalue weighted by molar-refractivity contribution is 5.66. The van der Waals surface area contributed by atoms with Crippen LogP contribution >= 0.6 is 0 Å². The lowest BCUT2D eigenvalue weighted by Crippen LogP contribution is -2.04. The minimum Gasteiger partial charge on any atom is -0.481 e.